The van der Waals surface area contributed by atoms with Crippen LogP contribution < -0.4 is 5.56 Å². The van der Waals surface area contributed by atoms with Gasteiger partial charge >= 0.3 is 0 Å². The minimum absolute atomic E-state index is 0.186. The fraction of sp³-hybridized carbons (Fsp3) is 0.0526. The van der Waals surface area contributed by atoms with Gasteiger partial charge in [-0.05, 0) is 25.1 Å². The molecule has 0 spiro atoms. The van der Waals surface area contributed by atoms with Crippen LogP contribution in [0.4, 0.5) is 0 Å². The Morgan fingerprint density at radius 3 is 2.68 bits per heavy atom. The second-order valence-corrected chi connectivity index (χ2v) is 6.90. The van der Waals surface area contributed by atoms with Crippen LogP contribution in [-0.2, 0) is 0 Å². The average Bonchev–Trinajstić information content (AvgIpc) is 3.06. The molecule has 6 heteroatoms. The van der Waals surface area contributed by atoms with Gasteiger partial charge in [-0.2, -0.15) is 9.50 Å². The van der Waals surface area contributed by atoms with Crippen LogP contribution in [0.25, 0.3) is 37.5 Å². The van der Waals surface area contributed by atoms with Crippen molar-refractivity contribution in [3.8, 4) is 11.4 Å². The number of fused-ring (bicyclic) bond motifs is 3. The summed E-state index contributed by atoms with van der Waals surface area (Å²) in [6.07, 6.45) is 0. The summed E-state index contributed by atoms with van der Waals surface area (Å²) in [5.41, 5.74) is 2.71. The third-order valence-corrected chi connectivity index (χ3v) is 5.11. The fourth-order valence-corrected chi connectivity index (χ4v) is 3.83. The lowest BCUT2D eigenvalue weighted by atomic mass is 10.1. The highest BCUT2D eigenvalue weighted by molar-refractivity contribution is 7.22. The van der Waals surface area contributed by atoms with Crippen molar-refractivity contribution < 1.29 is 0 Å². The third kappa shape index (κ3) is 2.22. The number of rotatable bonds is 1. The van der Waals surface area contributed by atoms with Crippen LogP contribution in [0.15, 0.2) is 59.4 Å². The average molecular weight is 344 g/mol. The summed E-state index contributed by atoms with van der Waals surface area (Å²) in [6.45, 7) is 2.02. The standard InChI is InChI=1S/C19H12N4OS/c1-11-7-8-15-13(9-11)10-14-17(20-15)25-19-21-16(22-23(19)18(14)24)12-5-3-2-4-6-12/h2-10H,1H3. The number of hydrogen-bond donors (Lipinski definition) is 0. The Balaban J connectivity index is 1.84. The Kier molecular flexibility index (Phi) is 2.96. The van der Waals surface area contributed by atoms with Gasteiger partial charge in [0.05, 0.1) is 10.9 Å². The van der Waals surface area contributed by atoms with Gasteiger partial charge < -0.3 is 0 Å². The van der Waals surface area contributed by atoms with E-state index in [-0.39, 0.29) is 5.56 Å². The van der Waals surface area contributed by atoms with E-state index in [0.29, 0.717) is 21.0 Å². The van der Waals surface area contributed by atoms with Crippen molar-refractivity contribution in [2.24, 2.45) is 0 Å². The van der Waals surface area contributed by atoms with Gasteiger partial charge in [-0.15, -0.1) is 5.10 Å². The second kappa shape index (κ2) is 5.19. The Morgan fingerprint density at radius 1 is 1.00 bits per heavy atom. The lowest BCUT2D eigenvalue weighted by molar-refractivity contribution is 0.943. The molecular weight excluding hydrogens is 332 g/mol. The molecule has 0 aliphatic heterocycles. The minimum Gasteiger partial charge on any atom is -0.267 e. The number of nitrogens with zero attached hydrogens (tertiary/aromatic N) is 4. The number of hydrogen-bond acceptors (Lipinski definition) is 5. The zero-order valence-electron chi connectivity index (χ0n) is 13.3. The van der Waals surface area contributed by atoms with E-state index in [1.54, 1.807) is 0 Å². The molecule has 0 N–H and O–H groups in total. The lowest BCUT2D eigenvalue weighted by Gasteiger charge is -2.01. The molecule has 120 valence electrons. The van der Waals surface area contributed by atoms with E-state index in [1.807, 2.05) is 61.5 Å². The molecule has 0 atom stereocenters. The summed E-state index contributed by atoms with van der Waals surface area (Å²) in [7, 11) is 0. The zero-order valence-corrected chi connectivity index (χ0v) is 14.1. The second-order valence-electron chi connectivity index (χ2n) is 5.94. The first-order chi connectivity index (χ1) is 12.2. The smallest absolute Gasteiger partial charge is 0.267 e. The summed E-state index contributed by atoms with van der Waals surface area (Å²) >= 11 is 1.38. The molecule has 3 heterocycles. The predicted octanol–water partition coefficient (Wildman–Crippen LogP) is 3.83. The monoisotopic (exact) mass is 344 g/mol. The summed E-state index contributed by atoms with van der Waals surface area (Å²) in [5.74, 6) is 0.546. The quantitative estimate of drug-likeness (QED) is 0.434. The maximum absolute atomic E-state index is 12.9. The molecule has 0 aliphatic rings. The molecule has 0 unspecified atom stereocenters. The molecule has 0 aliphatic carbocycles. The number of aryl methyl sites for hydroxylation is 1. The highest BCUT2D eigenvalue weighted by atomic mass is 32.1. The normalized spacial score (nSPS) is 11.6. The Bertz CT molecular complexity index is 1320. The van der Waals surface area contributed by atoms with Crippen LogP contribution >= 0.6 is 11.3 Å². The van der Waals surface area contributed by atoms with Crippen molar-refractivity contribution in [1.82, 2.24) is 19.6 Å². The maximum atomic E-state index is 12.9. The van der Waals surface area contributed by atoms with E-state index < -0.39 is 0 Å². The maximum Gasteiger partial charge on any atom is 0.283 e. The van der Waals surface area contributed by atoms with E-state index in [1.165, 1.54) is 15.9 Å². The molecule has 5 aromatic rings. The highest BCUT2D eigenvalue weighted by Gasteiger charge is 2.13. The molecule has 25 heavy (non-hydrogen) atoms. The largest absolute Gasteiger partial charge is 0.283 e. The van der Waals surface area contributed by atoms with Gasteiger partial charge in [-0.1, -0.05) is 53.3 Å². The van der Waals surface area contributed by atoms with Gasteiger partial charge in [0.2, 0.25) is 4.96 Å². The van der Waals surface area contributed by atoms with Crippen molar-refractivity contribution in [2.75, 3.05) is 0 Å². The van der Waals surface area contributed by atoms with Crippen molar-refractivity contribution >= 4 is 37.4 Å². The Hall–Kier alpha value is -3.12. The Morgan fingerprint density at radius 2 is 1.84 bits per heavy atom. The zero-order chi connectivity index (χ0) is 17.0. The molecule has 0 saturated heterocycles. The first-order valence-electron chi connectivity index (χ1n) is 7.85. The molecule has 5 rings (SSSR count). The molecule has 0 amide bonds. The van der Waals surface area contributed by atoms with Crippen molar-refractivity contribution in [2.45, 2.75) is 6.92 Å². The summed E-state index contributed by atoms with van der Waals surface area (Å²) in [4.78, 5) is 23.3. The molecule has 0 radical (unpaired) electrons. The molecule has 0 bridgehead atoms. The minimum atomic E-state index is -0.186. The topological polar surface area (TPSA) is 60.1 Å². The van der Waals surface area contributed by atoms with Crippen LogP contribution in [0.3, 0.4) is 0 Å². The summed E-state index contributed by atoms with van der Waals surface area (Å²) in [6, 6.07) is 17.6. The van der Waals surface area contributed by atoms with E-state index in [0.717, 1.165) is 22.0 Å². The molecule has 5 nitrogen and oxygen atoms in total. The molecule has 0 saturated carbocycles. The summed E-state index contributed by atoms with van der Waals surface area (Å²) in [5, 5.41) is 5.93. The predicted molar refractivity (Wildman–Crippen MR) is 100 cm³/mol. The van der Waals surface area contributed by atoms with Crippen LogP contribution in [0.5, 0.6) is 0 Å². The van der Waals surface area contributed by atoms with Crippen LogP contribution in [0.1, 0.15) is 5.56 Å². The fourth-order valence-electron chi connectivity index (χ4n) is 2.92. The summed E-state index contributed by atoms with van der Waals surface area (Å²) < 4.78 is 1.37. The molecular formula is C19H12N4OS. The van der Waals surface area contributed by atoms with E-state index >= 15 is 0 Å². The van der Waals surface area contributed by atoms with Gasteiger partial charge in [-0.25, -0.2) is 4.98 Å². The van der Waals surface area contributed by atoms with Gasteiger partial charge in [0.1, 0.15) is 4.83 Å². The van der Waals surface area contributed by atoms with Gasteiger partial charge in [-0.3, -0.25) is 4.79 Å². The van der Waals surface area contributed by atoms with E-state index in [2.05, 4.69) is 15.1 Å². The van der Waals surface area contributed by atoms with Crippen molar-refractivity contribution in [3.05, 3.63) is 70.5 Å². The van der Waals surface area contributed by atoms with Gasteiger partial charge in [0, 0.05) is 10.9 Å². The molecule has 2 aromatic carbocycles. The lowest BCUT2D eigenvalue weighted by Crippen LogP contribution is -2.13. The molecule has 0 fully saturated rings. The Labute approximate surface area is 146 Å². The number of aromatic nitrogens is 4. The van der Waals surface area contributed by atoms with E-state index in [4.69, 9.17) is 0 Å². The first-order valence-corrected chi connectivity index (χ1v) is 8.67. The van der Waals surface area contributed by atoms with Crippen LogP contribution in [-0.4, -0.2) is 19.6 Å². The molecule has 3 aromatic heterocycles. The van der Waals surface area contributed by atoms with Crippen LogP contribution in [0, 0.1) is 6.92 Å². The highest BCUT2D eigenvalue weighted by Crippen LogP contribution is 2.24. The third-order valence-electron chi connectivity index (χ3n) is 4.16. The number of benzene rings is 2. The van der Waals surface area contributed by atoms with E-state index in [9.17, 15) is 4.79 Å². The van der Waals surface area contributed by atoms with Gasteiger partial charge in [0.15, 0.2) is 5.82 Å². The van der Waals surface area contributed by atoms with Gasteiger partial charge in [0.25, 0.3) is 5.56 Å². The van der Waals surface area contributed by atoms with Crippen molar-refractivity contribution in [3.63, 3.8) is 0 Å². The van der Waals surface area contributed by atoms with Crippen LogP contribution in [0.2, 0.25) is 0 Å². The van der Waals surface area contributed by atoms with Crippen molar-refractivity contribution in [1.29, 1.82) is 0 Å². The first kappa shape index (κ1) is 14.2. The number of pyridine rings is 1. The SMILES string of the molecule is Cc1ccc2nc3sc4nc(-c5ccccc5)nn4c(=O)c3cc2c1.